The largest absolute Gasteiger partial charge is 0.473 e. The van der Waals surface area contributed by atoms with Crippen molar-refractivity contribution in [2.45, 2.75) is 53.5 Å². The molecule has 1 amide bonds. The minimum atomic E-state index is -0.429. The van der Waals surface area contributed by atoms with E-state index in [1.54, 1.807) is 41.2 Å². The third-order valence-electron chi connectivity index (χ3n) is 5.93. The summed E-state index contributed by atoms with van der Waals surface area (Å²) in [5.41, 5.74) is 4.45. The molecule has 3 aliphatic rings. The first-order valence-corrected chi connectivity index (χ1v) is 12.1. The van der Waals surface area contributed by atoms with Gasteiger partial charge in [-0.05, 0) is 48.9 Å². The normalized spacial score (nSPS) is 24.0. The van der Waals surface area contributed by atoms with E-state index in [1.165, 1.54) is 9.79 Å². The van der Waals surface area contributed by atoms with Crippen molar-refractivity contribution < 1.29 is 14.6 Å². The Morgan fingerprint density at radius 1 is 1.13 bits per heavy atom. The zero-order chi connectivity index (χ0) is 21.2. The molecule has 1 aromatic heterocycles. The predicted octanol–water partition coefficient (Wildman–Crippen LogP) is 2.62. The number of rotatable bonds is 6. The van der Waals surface area contributed by atoms with E-state index < -0.39 is 6.61 Å². The zero-order valence-corrected chi connectivity index (χ0v) is 18.6. The first kappa shape index (κ1) is 21.0. The minimum absolute atomic E-state index is 0.129. The van der Waals surface area contributed by atoms with Crippen molar-refractivity contribution in [2.24, 2.45) is 0 Å². The van der Waals surface area contributed by atoms with Crippen LogP contribution in [0.25, 0.3) is 0 Å². The van der Waals surface area contributed by atoms with Gasteiger partial charge in [0, 0.05) is 60.1 Å². The molecular weight excluding hydrogens is 434 g/mol. The summed E-state index contributed by atoms with van der Waals surface area (Å²) in [7, 11) is 0. The molecule has 2 aliphatic heterocycles. The summed E-state index contributed by atoms with van der Waals surface area (Å²) in [6.07, 6.45) is 6.97. The highest BCUT2D eigenvalue weighted by Gasteiger charge is 2.35. The summed E-state index contributed by atoms with van der Waals surface area (Å²) in [5, 5.41) is 9.06. The third-order valence-corrected chi connectivity index (χ3v) is 8.16. The van der Waals surface area contributed by atoms with E-state index in [2.05, 4.69) is 43.5 Å². The molecule has 5 rings (SSSR count). The maximum absolute atomic E-state index is 11.7. The number of carbonyl (C=O) groups excluding carboxylic acids is 1. The Morgan fingerprint density at radius 3 is 2.48 bits per heavy atom. The molecule has 1 aromatic carbocycles. The minimum Gasteiger partial charge on any atom is -0.473 e. The number of fused-ring (bicyclic) bond motifs is 1. The number of ether oxygens (including phenoxy) is 1. The second-order valence-electron chi connectivity index (χ2n) is 7.98. The van der Waals surface area contributed by atoms with Gasteiger partial charge in [0.2, 0.25) is 11.8 Å². The Kier molecular flexibility index (Phi) is 6.33. The SMILES string of the molecule is O=C(CO)N1CCC(c2nccnc2O[C@H]2C[C@H](NN3Sc4ccccc4S3)C2)CC1. The summed E-state index contributed by atoms with van der Waals surface area (Å²) >= 11 is 3.44. The first-order valence-electron chi connectivity index (χ1n) is 10.6. The number of hydrogen-bond donors (Lipinski definition) is 2. The van der Waals surface area contributed by atoms with Gasteiger partial charge >= 0.3 is 0 Å². The molecule has 2 N–H and O–H groups in total. The molecule has 0 bridgehead atoms. The van der Waals surface area contributed by atoms with Crippen LogP contribution in [0, 0.1) is 0 Å². The van der Waals surface area contributed by atoms with E-state index in [9.17, 15) is 4.79 Å². The highest BCUT2D eigenvalue weighted by atomic mass is 32.2. The molecule has 1 saturated carbocycles. The van der Waals surface area contributed by atoms with Gasteiger partial charge in [0.05, 0.1) is 0 Å². The topological polar surface area (TPSA) is 90.8 Å². The fourth-order valence-electron chi connectivity index (χ4n) is 4.13. The fraction of sp³-hybridized carbons (Fsp3) is 0.476. The maximum Gasteiger partial charge on any atom is 0.248 e. The van der Waals surface area contributed by atoms with Crippen LogP contribution >= 0.6 is 23.9 Å². The van der Waals surface area contributed by atoms with Gasteiger partial charge in [-0.2, -0.15) is 0 Å². The van der Waals surface area contributed by atoms with Crippen LogP contribution in [0.1, 0.15) is 37.3 Å². The smallest absolute Gasteiger partial charge is 0.248 e. The van der Waals surface area contributed by atoms with E-state index in [0.29, 0.717) is 25.0 Å². The summed E-state index contributed by atoms with van der Waals surface area (Å²) in [6.45, 7) is 0.827. The molecule has 1 aliphatic carbocycles. The third kappa shape index (κ3) is 4.68. The van der Waals surface area contributed by atoms with Crippen molar-refractivity contribution in [3.8, 4) is 5.88 Å². The van der Waals surface area contributed by atoms with Crippen LogP contribution in [-0.4, -0.2) is 61.5 Å². The number of aliphatic hydroxyl groups is 1. The number of amides is 1. The maximum atomic E-state index is 11.7. The van der Waals surface area contributed by atoms with E-state index in [4.69, 9.17) is 9.84 Å². The molecule has 0 radical (unpaired) electrons. The second-order valence-corrected chi connectivity index (χ2v) is 10.2. The Morgan fingerprint density at radius 2 is 1.81 bits per heavy atom. The number of nitrogens with zero attached hydrogens (tertiary/aromatic N) is 4. The molecular formula is C21H25N5O3S2. The van der Waals surface area contributed by atoms with Gasteiger partial charge in [0.15, 0.2) is 0 Å². The summed E-state index contributed by atoms with van der Waals surface area (Å²) in [5.74, 6) is 0.631. The lowest BCUT2D eigenvalue weighted by atomic mass is 9.89. The van der Waals surface area contributed by atoms with Crippen LogP contribution in [-0.2, 0) is 4.79 Å². The Hall–Kier alpha value is -1.85. The lowest BCUT2D eigenvalue weighted by Gasteiger charge is -2.37. The fourth-order valence-corrected chi connectivity index (χ4v) is 6.34. The van der Waals surface area contributed by atoms with Gasteiger partial charge in [-0.15, -0.1) is 3.82 Å². The van der Waals surface area contributed by atoms with Crippen molar-refractivity contribution >= 4 is 29.8 Å². The van der Waals surface area contributed by atoms with Gasteiger partial charge in [0.25, 0.3) is 0 Å². The zero-order valence-electron chi connectivity index (χ0n) is 17.0. The number of carbonyl (C=O) groups is 1. The quantitative estimate of drug-likeness (QED) is 0.633. The molecule has 2 aromatic rings. The summed E-state index contributed by atoms with van der Waals surface area (Å²) in [4.78, 5) is 25.0. The second kappa shape index (κ2) is 9.33. The van der Waals surface area contributed by atoms with Gasteiger partial charge < -0.3 is 14.7 Å². The number of aliphatic hydroxyl groups excluding tert-OH is 1. The molecule has 1 saturated heterocycles. The molecule has 164 valence electrons. The standard InChI is InChI=1S/C21H25N5O3S2/c27-13-19(28)25-9-5-14(6-10-25)20-21(23-8-7-22-20)29-16-11-15(12-16)24-26-30-17-3-1-2-4-18(17)31-26/h1-4,7-8,14-16,24,27H,5-6,9-13H2/t15-,16-. The van der Waals surface area contributed by atoms with Gasteiger partial charge in [-0.3, -0.25) is 9.78 Å². The lowest BCUT2D eigenvalue weighted by molar-refractivity contribution is -0.135. The van der Waals surface area contributed by atoms with Crippen LogP contribution in [0.2, 0.25) is 0 Å². The highest BCUT2D eigenvalue weighted by Crippen LogP contribution is 2.45. The summed E-state index contributed by atoms with van der Waals surface area (Å²) in [6, 6.07) is 8.79. The number of hydrazine groups is 1. The average molecular weight is 460 g/mol. The molecule has 0 spiro atoms. The predicted molar refractivity (Wildman–Crippen MR) is 118 cm³/mol. The van der Waals surface area contributed by atoms with Gasteiger partial charge in [-0.25, -0.2) is 10.4 Å². The van der Waals surface area contributed by atoms with Crippen LogP contribution in [0.5, 0.6) is 5.88 Å². The number of likely N-dealkylation sites (tertiary alicyclic amines) is 1. The molecule has 3 heterocycles. The van der Waals surface area contributed by atoms with Crippen molar-refractivity contribution in [1.82, 2.24) is 24.1 Å². The first-order chi connectivity index (χ1) is 15.2. The van der Waals surface area contributed by atoms with Crippen LogP contribution in [0.3, 0.4) is 0 Å². The Balaban J connectivity index is 1.12. The Labute approximate surface area is 190 Å². The number of aromatic nitrogens is 2. The van der Waals surface area contributed by atoms with Crippen LogP contribution in [0.4, 0.5) is 0 Å². The van der Waals surface area contributed by atoms with E-state index in [1.807, 2.05) is 0 Å². The van der Waals surface area contributed by atoms with E-state index in [0.717, 1.165) is 31.4 Å². The van der Waals surface area contributed by atoms with E-state index >= 15 is 0 Å². The van der Waals surface area contributed by atoms with Gasteiger partial charge in [0.1, 0.15) is 18.4 Å². The monoisotopic (exact) mass is 459 g/mol. The van der Waals surface area contributed by atoms with Crippen LogP contribution < -0.4 is 10.2 Å². The number of hydrogen-bond acceptors (Lipinski definition) is 9. The van der Waals surface area contributed by atoms with Crippen molar-refractivity contribution in [3.05, 3.63) is 42.4 Å². The number of piperidine rings is 1. The summed E-state index contributed by atoms with van der Waals surface area (Å²) < 4.78 is 8.35. The van der Waals surface area contributed by atoms with Crippen LogP contribution in [0.15, 0.2) is 46.5 Å². The molecule has 10 heteroatoms. The molecule has 0 atom stereocenters. The molecule has 8 nitrogen and oxygen atoms in total. The Bertz CT molecular complexity index is 910. The van der Waals surface area contributed by atoms with Crippen molar-refractivity contribution in [2.75, 3.05) is 19.7 Å². The molecule has 0 unspecified atom stereocenters. The van der Waals surface area contributed by atoms with Crippen molar-refractivity contribution in [1.29, 1.82) is 0 Å². The molecule has 31 heavy (non-hydrogen) atoms. The molecule has 2 fully saturated rings. The van der Waals surface area contributed by atoms with Gasteiger partial charge in [-0.1, -0.05) is 12.1 Å². The van der Waals surface area contributed by atoms with Crippen molar-refractivity contribution in [3.63, 3.8) is 0 Å². The number of benzene rings is 1. The highest BCUT2D eigenvalue weighted by molar-refractivity contribution is 8.14. The van der Waals surface area contributed by atoms with E-state index in [-0.39, 0.29) is 17.9 Å². The average Bonchev–Trinajstić information content (AvgIpc) is 3.20. The lowest BCUT2D eigenvalue weighted by Crippen LogP contribution is -2.49. The number of nitrogens with one attached hydrogen (secondary N) is 1.